The van der Waals surface area contributed by atoms with Crippen molar-refractivity contribution in [2.24, 2.45) is 0 Å². The Morgan fingerprint density at radius 1 is 1.36 bits per heavy atom. The Labute approximate surface area is 148 Å². The van der Waals surface area contributed by atoms with Crippen LogP contribution >= 0.6 is 0 Å². The zero-order valence-corrected chi connectivity index (χ0v) is 15.3. The summed E-state index contributed by atoms with van der Waals surface area (Å²) in [6.07, 6.45) is 1.41. The van der Waals surface area contributed by atoms with Gasteiger partial charge in [-0.1, -0.05) is 0 Å². The summed E-state index contributed by atoms with van der Waals surface area (Å²) < 4.78 is 5.43. The van der Waals surface area contributed by atoms with Crippen molar-refractivity contribution >= 4 is 17.6 Å². The van der Waals surface area contributed by atoms with Crippen molar-refractivity contribution in [3.63, 3.8) is 0 Å². The molecule has 1 saturated heterocycles. The number of benzene rings is 1. The molecule has 0 bridgehead atoms. The number of nitriles is 1. The number of hydrogen-bond donors (Lipinski definition) is 1. The largest absolute Gasteiger partial charge is 0.444 e. The lowest BCUT2D eigenvalue weighted by Crippen LogP contribution is -2.47. The van der Waals surface area contributed by atoms with E-state index >= 15 is 0 Å². The maximum absolute atomic E-state index is 12.3. The fraction of sp³-hybridized carbons (Fsp3) is 0.526. The molecule has 1 aliphatic heterocycles. The van der Waals surface area contributed by atoms with Crippen molar-refractivity contribution in [1.29, 1.82) is 5.26 Å². The van der Waals surface area contributed by atoms with Gasteiger partial charge in [-0.3, -0.25) is 4.79 Å². The standard InChI is InChI=1S/C19H25N3O3/c1-13(23)14-7-8-15(11-20)17(10-14)21-16-6-5-9-22(12-16)18(24)25-19(2,3)4/h7-8,10,16,21H,5-6,9,12H2,1-4H3. The van der Waals surface area contributed by atoms with E-state index in [-0.39, 0.29) is 17.9 Å². The Bertz CT molecular complexity index is 701. The number of ketones is 1. The first-order chi connectivity index (χ1) is 11.7. The lowest BCUT2D eigenvalue weighted by molar-refractivity contribution is 0.0206. The monoisotopic (exact) mass is 343 g/mol. The van der Waals surface area contributed by atoms with Gasteiger partial charge >= 0.3 is 6.09 Å². The van der Waals surface area contributed by atoms with Gasteiger partial charge in [0, 0.05) is 24.7 Å². The number of piperidine rings is 1. The summed E-state index contributed by atoms with van der Waals surface area (Å²) in [4.78, 5) is 25.5. The Kier molecular flexibility index (Phi) is 5.68. The molecular weight excluding hydrogens is 318 g/mol. The molecule has 1 aromatic rings. The van der Waals surface area contributed by atoms with Crippen LogP contribution in [0.1, 0.15) is 56.5 Å². The van der Waals surface area contributed by atoms with Crippen molar-refractivity contribution in [2.45, 2.75) is 52.2 Å². The van der Waals surface area contributed by atoms with Gasteiger partial charge in [-0.15, -0.1) is 0 Å². The second-order valence-electron chi connectivity index (χ2n) is 7.34. The third kappa shape index (κ3) is 5.21. The van der Waals surface area contributed by atoms with Gasteiger partial charge in [0.2, 0.25) is 0 Å². The van der Waals surface area contributed by atoms with Crippen molar-refractivity contribution in [2.75, 3.05) is 18.4 Å². The number of likely N-dealkylation sites (tertiary alicyclic amines) is 1. The molecule has 1 atom stereocenters. The summed E-state index contributed by atoms with van der Waals surface area (Å²) in [6.45, 7) is 8.19. The molecule has 1 unspecified atom stereocenters. The van der Waals surface area contributed by atoms with E-state index in [2.05, 4.69) is 11.4 Å². The highest BCUT2D eigenvalue weighted by molar-refractivity contribution is 5.95. The maximum Gasteiger partial charge on any atom is 0.410 e. The predicted molar refractivity (Wildman–Crippen MR) is 95.6 cm³/mol. The first-order valence-corrected chi connectivity index (χ1v) is 8.49. The summed E-state index contributed by atoms with van der Waals surface area (Å²) in [5.41, 5.74) is 1.15. The van der Waals surface area contributed by atoms with Gasteiger partial charge in [-0.05, 0) is 58.7 Å². The fourth-order valence-electron chi connectivity index (χ4n) is 2.79. The van der Waals surface area contributed by atoms with Gasteiger partial charge in [-0.25, -0.2) is 4.79 Å². The average Bonchev–Trinajstić information content (AvgIpc) is 2.53. The lowest BCUT2D eigenvalue weighted by Gasteiger charge is -2.35. The van der Waals surface area contributed by atoms with E-state index in [0.29, 0.717) is 29.9 Å². The highest BCUT2D eigenvalue weighted by Gasteiger charge is 2.28. The smallest absolute Gasteiger partial charge is 0.410 e. The number of anilines is 1. The molecule has 6 nitrogen and oxygen atoms in total. The van der Waals surface area contributed by atoms with Crippen molar-refractivity contribution < 1.29 is 14.3 Å². The summed E-state index contributed by atoms with van der Waals surface area (Å²) in [7, 11) is 0. The van der Waals surface area contributed by atoms with Crippen LogP contribution in [0, 0.1) is 11.3 Å². The SMILES string of the molecule is CC(=O)c1ccc(C#N)c(NC2CCCN(C(=O)OC(C)(C)C)C2)c1. The van der Waals surface area contributed by atoms with Crippen LogP contribution in [0.3, 0.4) is 0 Å². The molecule has 1 N–H and O–H groups in total. The zero-order valence-electron chi connectivity index (χ0n) is 15.3. The molecule has 1 fully saturated rings. The Morgan fingerprint density at radius 2 is 2.08 bits per heavy atom. The van der Waals surface area contributed by atoms with E-state index < -0.39 is 5.60 Å². The molecule has 0 spiro atoms. The van der Waals surface area contributed by atoms with Crippen LogP contribution in [0.2, 0.25) is 0 Å². The van der Waals surface area contributed by atoms with E-state index in [1.54, 1.807) is 23.1 Å². The third-order valence-electron chi connectivity index (χ3n) is 3.98. The maximum atomic E-state index is 12.3. The summed E-state index contributed by atoms with van der Waals surface area (Å²) in [5, 5.41) is 12.6. The number of nitrogens with zero attached hydrogens (tertiary/aromatic N) is 2. The van der Waals surface area contributed by atoms with Gasteiger partial charge < -0.3 is 15.0 Å². The van der Waals surface area contributed by atoms with Crippen molar-refractivity contribution in [3.8, 4) is 6.07 Å². The number of hydrogen-bond acceptors (Lipinski definition) is 5. The first kappa shape index (κ1) is 18.8. The number of rotatable bonds is 3. The quantitative estimate of drug-likeness (QED) is 0.848. The molecule has 6 heteroatoms. The van der Waals surface area contributed by atoms with E-state index in [0.717, 1.165) is 12.8 Å². The molecular formula is C19H25N3O3. The molecule has 25 heavy (non-hydrogen) atoms. The van der Waals surface area contributed by atoms with Crippen LogP contribution < -0.4 is 5.32 Å². The minimum Gasteiger partial charge on any atom is -0.444 e. The van der Waals surface area contributed by atoms with Gasteiger partial charge in [0.1, 0.15) is 11.7 Å². The van der Waals surface area contributed by atoms with Crippen molar-refractivity contribution in [1.82, 2.24) is 4.90 Å². The minimum absolute atomic E-state index is 0.00979. The normalized spacial score (nSPS) is 17.6. The summed E-state index contributed by atoms with van der Waals surface area (Å²) >= 11 is 0. The average molecular weight is 343 g/mol. The predicted octanol–water partition coefficient (Wildman–Crippen LogP) is 3.57. The van der Waals surface area contributed by atoms with E-state index in [1.165, 1.54) is 6.92 Å². The number of nitrogens with one attached hydrogen (secondary N) is 1. The molecule has 2 rings (SSSR count). The minimum atomic E-state index is -0.527. The van der Waals surface area contributed by atoms with Crippen LogP contribution in [-0.2, 0) is 4.74 Å². The van der Waals surface area contributed by atoms with E-state index in [9.17, 15) is 14.9 Å². The summed E-state index contributed by atoms with van der Waals surface area (Å²) in [5.74, 6) is -0.0495. The number of amides is 1. The lowest BCUT2D eigenvalue weighted by atomic mass is 10.0. The molecule has 0 aromatic heterocycles. The second-order valence-corrected chi connectivity index (χ2v) is 7.34. The topological polar surface area (TPSA) is 82.4 Å². The van der Waals surface area contributed by atoms with Crippen molar-refractivity contribution in [3.05, 3.63) is 29.3 Å². The Balaban J connectivity index is 2.10. The van der Waals surface area contributed by atoms with Crippen LogP contribution in [-0.4, -0.2) is 41.5 Å². The highest BCUT2D eigenvalue weighted by atomic mass is 16.6. The second kappa shape index (κ2) is 7.56. The van der Waals surface area contributed by atoms with Gasteiger partial charge in [0.15, 0.2) is 5.78 Å². The van der Waals surface area contributed by atoms with Gasteiger partial charge in [0.05, 0.1) is 11.3 Å². The van der Waals surface area contributed by atoms with Crippen LogP contribution in [0.4, 0.5) is 10.5 Å². The molecule has 0 aliphatic carbocycles. The fourth-order valence-corrected chi connectivity index (χ4v) is 2.79. The van der Waals surface area contributed by atoms with Crippen LogP contribution in [0.5, 0.6) is 0 Å². The Hall–Kier alpha value is -2.55. The van der Waals surface area contributed by atoms with E-state index in [1.807, 2.05) is 20.8 Å². The molecule has 1 heterocycles. The molecule has 0 radical (unpaired) electrons. The van der Waals surface area contributed by atoms with Gasteiger partial charge in [-0.2, -0.15) is 5.26 Å². The Morgan fingerprint density at radius 3 is 2.68 bits per heavy atom. The third-order valence-corrected chi connectivity index (χ3v) is 3.98. The van der Waals surface area contributed by atoms with Crippen LogP contribution in [0.15, 0.2) is 18.2 Å². The first-order valence-electron chi connectivity index (χ1n) is 8.49. The molecule has 1 aliphatic rings. The van der Waals surface area contributed by atoms with Gasteiger partial charge in [0.25, 0.3) is 0 Å². The molecule has 1 amide bonds. The number of carbonyl (C=O) groups is 2. The summed E-state index contributed by atoms with van der Waals surface area (Å²) in [6, 6.07) is 7.15. The number of Topliss-reactive ketones (excluding diaryl/α,β-unsaturated/α-hetero) is 1. The zero-order chi connectivity index (χ0) is 18.6. The highest BCUT2D eigenvalue weighted by Crippen LogP contribution is 2.22. The molecule has 134 valence electrons. The molecule has 1 aromatic carbocycles. The molecule has 0 saturated carbocycles. The number of carbonyl (C=O) groups excluding carboxylic acids is 2. The number of ether oxygens (including phenoxy) is 1. The van der Waals surface area contributed by atoms with E-state index in [4.69, 9.17) is 4.74 Å². The van der Waals surface area contributed by atoms with Crippen LogP contribution in [0.25, 0.3) is 0 Å².